The smallest absolute Gasteiger partial charge is 0.416 e. The van der Waals surface area contributed by atoms with Gasteiger partial charge in [-0.05, 0) is 57.7 Å². The van der Waals surface area contributed by atoms with Crippen molar-refractivity contribution in [3.63, 3.8) is 0 Å². The van der Waals surface area contributed by atoms with Crippen molar-refractivity contribution < 1.29 is 36.9 Å². The van der Waals surface area contributed by atoms with Gasteiger partial charge in [-0.2, -0.15) is 13.2 Å². The summed E-state index contributed by atoms with van der Waals surface area (Å²) in [6.45, 7) is 3.86. The maximum atomic E-state index is 12.8. The summed E-state index contributed by atoms with van der Waals surface area (Å²) in [5, 5.41) is 0. The largest absolute Gasteiger partial charge is 0.493 e. The predicted octanol–water partition coefficient (Wildman–Crippen LogP) is 5.24. The number of halogens is 3. The number of ketones is 1. The summed E-state index contributed by atoms with van der Waals surface area (Å²) in [7, 11) is 1.59. The summed E-state index contributed by atoms with van der Waals surface area (Å²) in [6.07, 6.45) is 6.30. The van der Waals surface area contributed by atoms with Gasteiger partial charge in [-0.25, -0.2) is 0 Å². The molecule has 2 rings (SSSR count). The molecule has 1 aromatic rings. The van der Waals surface area contributed by atoms with Crippen LogP contribution in [0.25, 0.3) is 0 Å². The molecule has 1 aliphatic rings. The molecular formula is C26H34BF3O5. The molecule has 0 aromatic heterocycles. The van der Waals surface area contributed by atoms with Crippen LogP contribution in [0.3, 0.4) is 0 Å². The molecule has 1 saturated carbocycles. The average molecular weight is 494 g/mol. The molecule has 5 nitrogen and oxygen atoms in total. The third kappa shape index (κ3) is 9.92. The number of rotatable bonds is 13. The van der Waals surface area contributed by atoms with Crippen LogP contribution in [0.15, 0.2) is 48.6 Å². The van der Waals surface area contributed by atoms with Crippen molar-refractivity contribution in [3.8, 4) is 5.75 Å². The fourth-order valence-electron chi connectivity index (χ4n) is 4.05. The van der Waals surface area contributed by atoms with E-state index in [9.17, 15) is 22.8 Å². The molecule has 0 bridgehead atoms. The lowest BCUT2D eigenvalue weighted by Gasteiger charge is -2.19. The van der Waals surface area contributed by atoms with Gasteiger partial charge in [0.2, 0.25) is 0 Å². The molecule has 0 saturated heterocycles. The average Bonchev–Trinajstić information content (AvgIpc) is 3.09. The zero-order valence-corrected chi connectivity index (χ0v) is 20.6. The fourth-order valence-corrected chi connectivity index (χ4v) is 4.05. The maximum absolute atomic E-state index is 12.8. The van der Waals surface area contributed by atoms with E-state index in [1.807, 2.05) is 38.2 Å². The van der Waals surface area contributed by atoms with E-state index in [2.05, 4.69) is 0 Å². The summed E-state index contributed by atoms with van der Waals surface area (Å²) >= 11 is 0. The minimum Gasteiger partial charge on any atom is -0.493 e. The lowest BCUT2D eigenvalue weighted by Crippen LogP contribution is -2.20. The molecule has 1 fully saturated rings. The highest BCUT2D eigenvalue weighted by molar-refractivity contribution is 5.98. The zero-order valence-electron chi connectivity index (χ0n) is 20.6. The highest BCUT2D eigenvalue weighted by Crippen LogP contribution is 2.35. The number of benzene rings is 1. The molecule has 1 aromatic carbocycles. The van der Waals surface area contributed by atoms with Crippen molar-refractivity contribution in [1.29, 1.82) is 0 Å². The lowest BCUT2D eigenvalue weighted by molar-refractivity contribution is -0.147. The number of unbranched alkanes of at least 4 members (excludes halogenated alkanes) is 1. The summed E-state index contributed by atoms with van der Waals surface area (Å²) in [5.74, 6) is -0.157. The van der Waals surface area contributed by atoms with Crippen LogP contribution in [0.5, 0.6) is 5.75 Å². The number of carbonyl (C=O) groups excluding carboxylic acids is 2. The van der Waals surface area contributed by atoms with Crippen molar-refractivity contribution in [2.45, 2.75) is 70.8 Å². The second kappa shape index (κ2) is 14.1. The molecule has 3 atom stereocenters. The SMILES string of the molecule is BOC1CC(=O)[C@H](C/C=C\CCCC(=O)OC(C)C)[C@H]1/C=C/CCOc1cccc(C(F)(F)F)c1. The van der Waals surface area contributed by atoms with Gasteiger partial charge in [0.05, 0.1) is 24.4 Å². The summed E-state index contributed by atoms with van der Waals surface area (Å²) < 4.78 is 54.5. The molecular weight excluding hydrogens is 460 g/mol. The second-order valence-electron chi connectivity index (χ2n) is 8.86. The first-order chi connectivity index (χ1) is 16.6. The molecule has 192 valence electrons. The van der Waals surface area contributed by atoms with Crippen molar-refractivity contribution >= 4 is 19.8 Å². The molecule has 1 unspecified atom stereocenters. The Bertz CT molecular complexity index is 882. The first kappa shape index (κ1) is 28.7. The first-order valence-corrected chi connectivity index (χ1v) is 12.0. The van der Waals surface area contributed by atoms with Crippen molar-refractivity contribution in [1.82, 2.24) is 0 Å². The van der Waals surface area contributed by atoms with E-state index in [0.29, 0.717) is 32.1 Å². The quantitative estimate of drug-likeness (QED) is 0.163. The van der Waals surface area contributed by atoms with Gasteiger partial charge in [-0.1, -0.05) is 30.4 Å². The Labute approximate surface area is 206 Å². The highest BCUT2D eigenvalue weighted by atomic mass is 19.4. The maximum Gasteiger partial charge on any atom is 0.416 e. The summed E-state index contributed by atoms with van der Waals surface area (Å²) in [4.78, 5) is 24.1. The van der Waals surface area contributed by atoms with Gasteiger partial charge < -0.3 is 14.1 Å². The minimum atomic E-state index is -4.41. The van der Waals surface area contributed by atoms with E-state index < -0.39 is 11.7 Å². The Balaban J connectivity index is 1.81. The Hall–Kier alpha value is -2.55. The number of hydrogen-bond donors (Lipinski definition) is 0. The van der Waals surface area contributed by atoms with Gasteiger partial charge in [0.1, 0.15) is 11.5 Å². The highest BCUT2D eigenvalue weighted by Gasteiger charge is 2.39. The molecule has 0 spiro atoms. The Morgan fingerprint density at radius 1 is 1.20 bits per heavy atom. The lowest BCUT2D eigenvalue weighted by atomic mass is 9.90. The topological polar surface area (TPSA) is 61.8 Å². The Morgan fingerprint density at radius 2 is 1.97 bits per heavy atom. The van der Waals surface area contributed by atoms with Crippen LogP contribution >= 0.6 is 0 Å². The number of esters is 1. The standard InChI is InChI=1S/C26H34BF3O5/c1-18(2)34-25(32)14-6-4-3-5-12-21-22(24(35-27)17-23(21)31)13-7-8-15-33-20-11-9-10-19(16-20)26(28,29)30/h3,5,7,9-11,13,16,18,21-22,24H,4,6,8,12,14-15,17,27H2,1-2H3/b5-3-,13-7+/t21-,22-,24?/m1/s1. The van der Waals surface area contributed by atoms with Crippen LogP contribution in [-0.2, 0) is 25.2 Å². The number of hydrogen-bond acceptors (Lipinski definition) is 5. The van der Waals surface area contributed by atoms with E-state index in [-0.39, 0.29) is 48.2 Å². The van der Waals surface area contributed by atoms with E-state index in [0.717, 1.165) is 18.6 Å². The molecule has 0 amide bonds. The number of allylic oxidation sites excluding steroid dienone is 2. The number of carbonyl (C=O) groups is 2. The Kier molecular flexibility index (Phi) is 11.6. The molecule has 0 N–H and O–H groups in total. The third-order valence-electron chi connectivity index (χ3n) is 5.76. The molecule has 0 heterocycles. The predicted molar refractivity (Wildman–Crippen MR) is 130 cm³/mol. The van der Waals surface area contributed by atoms with Crippen molar-refractivity contribution in [2.24, 2.45) is 11.8 Å². The monoisotopic (exact) mass is 494 g/mol. The second-order valence-corrected chi connectivity index (χ2v) is 8.86. The van der Waals surface area contributed by atoms with E-state index in [1.54, 1.807) is 8.05 Å². The van der Waals surface area contributed by atoms with E-state index >= 15 is 0 Å². The minimum absolute atomic E-state index is 0.0771. The van der Waals surface area contributed by atoms with Gasteiger partial charge in [0, 0.05) is 24.7 Å². The molecule has 1 aliphatic carbocycles. The van der Waals surface area contributed by atoms with Crippen LogP contribution < -0.4 is 4.74 Å². The number of alkyl halides is 3. The van der Waals surface area contributed by atoms with Gasteiger partial charge in [0.25, 0.3) is 8.05 Å². The van der Waals surface area contributed by atoms with Gasteiger partial charge in [0.15, 0.2) is 0 Å². The summed E-state index contributed by atoms with van der Waals surface area (Å²) in [6, 6.07) is 4.79. The van der Waals surface area contributed by atoms with Crippen molar-refractivity contribution in [2.75, 3.05) is 6.61 Å². The van der Waals surface area contributed by atoms with E-state index in [4.69, 9.17) is 14.1 Å². The zero-order chi connectivity index (χ0) is 25.8. The van der Waals surface area contributed by atoms with Crippen LogP contribution in [0.4, 0.5) is 13.2 Å². The van der Waals surface area contributed by atoms with Crippen LogP contribution in [0.2, 0.25) is 0 Å². The number of ether oxygens (including phenoxy) is 2. The molecule has 0 aliphatic heterocycles. The molecule has 9 heteroatoms. The van der Waals surface area contributed by atoms with Crippen LogP contribution in [0.1, 0.15) is 57.9 Å². The van der Waals surface area contributed by atoms with E-state index in [1.165, 1.54) is 12.1 Å². The van der Waals surface area contributed by atoms with Crippen LogP contribution in [0, 0.1) is 11.8 Å². The Morgan fingerprint density at radius 3 is 2.66 bits per heavy atom. The summed E-state index contributed by atoms with van der Waals surface area (Å²) in [5.41, 5.74) is -0.746. The molecule has 0 radical (unpaired) electrons. The number of Topliss-reactive ketones (excluding diaryl/α,β-unsaturated/α-hetero) is 1. The van der Waals surface area contributed by atoms with Gasteiger partial charge in [-0.3, -0.25) is 9.59 Å². The normalized spacial score (nSPS) is 20.9. The fraction of sp³-hybridized carbons (Fsp3) is 0.538. The van der Waals surface area contributed by atoms with Gasteiger partial charge >= 0.3 is 12.1 Å². The van der Waals surface area contributed by atoms with Crippen LogP contribution in [-0.4, -0.2) is 38.6 Å². The van der Waals surface area contributed by atoms with Gasteiger partial charge in [-0.15, -0.1) is 0 Å². The van der Waals surface area contributed by atoms with Crippen molar-refractivity contribution in [3.05, 3.63) is 54.1 Å². The first-order valence-electron chi connectivity index (χ1n) is 12.0. The third-order valence-corrected chi connectivity index (χ3v) is 5.76. The molecule has 35 heavy (non-hydrogen) atoms.